The van der Waals surface area contributed by atoms with E-state index in [2.05, 4.69) is 9.97 Å². The number of hydrogen-bond acceptors (Lipinski definition) is 4. The van der Waals surface area contributed by atoms with Crippen molar-refractivity contribution in [2.45, 2.75) is 13.5 Å². The number of hydrogen-bond donors (Lipinski definition) is 1. The minimum absolute atomic E-state index is 0.191. The lowest BCUT2D eigenvalue weighted by Crippen LogP contribution is -2.02. The Kier molecular flexibility index (Phi) is 3.44. The highest BCUT2D eigenvalue weighted by Gasteiger charge is 2.02. The lowest BCUT2D eigenvalue weighted by atomic mass is 10.1. The zero-order valence-corrected chi connectivity index (χ0v) is 10.1. The van der Waals surface area contributed by atoms with Crippen molar-refractivity contribution in [2.24, 2.45) is 0 Å². The second-order valence-corrected chi connectivity index (χ2v) is 4.06. The van der Waals surface area contributed by atoms with Gasteiger partial charge >= 0.3 is 6.01 Å². The summed E-state index contributed by atoms with van der Waals surface area (Å²) in [5.41, 5.74) is 7.76. The summed E-state index contributed by atoms with van der Waals surface area (Å²) in [6.45, 7) is 2.42. The molecule has 0 aliphatic rings. The van der Waals surface area contributed by atoms with Gasteiger partial charge in [0.2, 0.25) is 0 Å². The number of halogens is 1. The van der Waals surface area contributed by atoms with Gasteiger partial charge in [0, 0.05) is 6.07 Å². The lowest BCUT2D eigenvalue weighted by Gasteiger charge is -2.05. The third kappa shape index (κ3) is 3.32. The van der Waals surface area contributed by atoms with Crippen molar-refractivity contribution in [1.29, 1.82) is 0 Å². The van der Waals surface area contributed by atoms with Gasteiger partial charge in [0.25, 0.3) is 0 Å². The minimum atomic E-state index is 0.191. The molecule has 4 nitrogen and oxygen atoms in total. The van der Waals surface area contributed by atoms with E-state index in [0.717, 1.165) is 5.56 Å². The van der Waals surface area contributed by atoms with E-state index in [-0.39, 0.29) is 11.2 Å². The SMILES string of the molecule is Cc1cccc(COc2nc(N)cc(Cl)n2)c1. The Morgan fingerprint density at radius 2 is 2.12 bits per heavy atom. The molecule has 2 aromatic rings. The van der Waals surface area contributed by atoms with Crippen molar-refractivity contribution in [2.75, 3.05) is 5.73 Å². The highest BCUT2D eigenvalue weighted by atomic mass is 35.5. The van der Waals surface area contributed by atoms with Gasteiger partial charge in [0.1, 0.15) is 17.6 Å². The normalized spacial score (nSPS) is 10.2. The van der Waals surface area contributed by atoms with E-state index in [1.54, 1.807) is 0 Å². The molecule has 17 heavy (non-hydrogen) atoms. The largest absolute Gasteiger partial charge is 0.459 e. The van der Waals surface area contributed by atoms with Crippen molar-refractivity contribution >= 4 is 17.4 Å². The average molecular weight is 250 g/mol. The predicted molar refractivity (Wildman–Crippen MR) is 67.0 cm³/mol. The third-order valence-corrected chi connectivity index (χ3v) is 2.34. The summed E-state index contributed by atoms with van der Waals surface area (Å²) in [6, 6.07) is 9.67. The summed E-state index contributed by atoms with van der Waals surface area (Å²) in [4.78, 5) is 7.86. The van der Waals surface area contributed by atoms with Crippen molar-refractivity contribution in [3.8, 4) is 6.01 Å². The van der Waals surface area contributed by atoms with E-state index in [9.17, 15) is 0 Å². The maximum absolute atomic E-state index is 5.75. The van der Waals surface area contributed by atoms with E-state index in [1.807, 2.05) is 31.2 Å². The van der Waals surface area contributed by atoms with Crippen LogP contribution in [0.5, 0.6) is 6.01 Å². The molecule has 0 radical (unpaired) electrons. The van der Waals surface area contributed by atoms with Gasteiger partial charge in [0.15, 0.2) is 0 Å². The molecule has 0 aliphatic carbocycles. The molecule has 0 amide bonds. The molecule has 1 aromatic heterocycles. The fourth-order valence-electron chi connectivity index (χ4n) is 1.43. The number of rotatable bonds is 3. The van der Waals surface area contributed by atoms with Gasteiger partial charge < -0.3 is 10.5 Å². The van der Waals surface area contributed by atoms with Crippen LogP contribution in [-0.2, 0) is 6.61 Å². The maximum atomic E-state index is 5.75. The van der Waals surface area contributed by atoms with Gasteiger partial charge in [-0.05, 0) is 12.5 Å². The van der Waals surface area contributed by atoms with Gasteiger partial charge in [0.05, 0.1) is 0 Å². The lowest BCUT2D eigenvalue weighted by molar-refractivity contribution is 0.281. The highest BCUT2D eigenvalue weighted by Crippen LogP contribution is 2.14. The Bertz CT molecular complexity index is 511. The molecule has 0 aliphatic heterocycles. The second kappa shape index (κ2) is 5.01. The van der Waals surface area contributed by atoms with Crippen LogP contribution >= 0.6 is 11.6 Å². The molecule has 88 valence electrons. The molecule has 5 heteroatoms. The molecule has 0 atom stereocenters. The molecule has 0 spiro atoms. The first kappa shape index (κ1) is 11.7. The fourth-order valence-corrected chi connectivity index (χ4v) is 1.61. The standard InChI is InChI=1S/C12H12ClN3O/c1-8-3-2-4-9(5-8)7-17-12-15-10(13)6-11(14)16-12/h2-6H,7H2,1H3,(H2,14,15,16). The molecule has 1 aromatic carbocycles. The maximum Gasteiger partial charge on any atom is 0.320 e. The summed E-state index contributed by atoms with van der Waals surface area (Å²) in [5, 5.41) is 0.275. The van der Waals surface area contributed by atoms with Crippen LogP contribution < -0.4 is 10.5 Å². The zero-order chi connectivity index (χ0) is 12.3. The van der Waals surface area contributed by atoms with Crippen LogP contribution in [0.25, 0.3) is 0 Å². The van der Waals surface area contributed by atoms with E-state index in [1.165, 1.54) is 11.6 Å². The topological polar surface area (TPSA) is 61.0 Å². The second-order valence-electron chi connectivity index (χ2n) is 3.68. The van der Waals surface area contributed by atoms with E-state index in [0.29, 0.717) is 12.4 Å². The van der Waals surface area contributed by atoms with Crippen molar-refractivity contribution < 1.29 is 4.74 Å². The van der Waals surface area contributed by atoms with E-state index < -0.39 is 0 Å². The van der Waals surface area contributed by atoms with Crippen LogP contribution in [0, 0.1) is 6.92 Å². The molecule has 0 saturated carbocycles. The number of nitrogen functional groups attached to an aromatic ring is 1. The smallest absolute Gasteiger partial charge is 0.320 e. The van der Waals surface area contributed by atoms with Crippen LogP contribution in [0.15, 0.2) is 30.3 Å². The molecule has 0 fully saturated rings. The Morgan fingerprint density at radius 3 is 2.82 bits per heavy atom. The summed E-state index contributed by atoms with van der Waals surface area (Å²) in [5.74, 6) is 0.296. The van der Waals surface area contributed by atoms with Gasteiger partial charge in [-0.25, -0.2) is 0 Å². The molecule has 1 heterocycles. The van der Waals surface area contributed by atoms with Gasteiger partial charge in [-0.1, -0.05) is 41.4 Å². The van der Waals surface area contributed by atoms with Crippen LogP contribution in [0.2, 0.25) is 5.15 Å². The fraction of sp³-hybridized carbons (Fsp3) is 0.167. The molecule has 0 unspecified atom stereocenters. The molecular weight excluding hydrogens is 238 g/mol. The quantitative estimate of drug-likeness (QED) is 0.850. The summed E-state index contributed by atoms with van der Waals surface area (Å²) in [7, 11) is 0. The summed E-state index contributed by atoms with van der Waals surface area (Å²) in [6.07, 6.45) is 0. The van der Waals surface area contributed by atoms with Crippen LogP contribution in [0.1, 0.15) is 11.1 Å². The monoisotopic (exact) mass is 249 g/mol. The highest BCUT2D eigenvalue weighted by molar-refractivity contribution is 6.29. The van der Waals surface area contributed by atoms with E-state index >= 15 is 0 Å². The molecule has 2 N–H and O–H groups in total. The van der Waals surface area contributed by atoms with Crippen molar-refractivity contribution in [3.63, 3.8) is 0 Å². The van der Waals surface area contributed by atoms with Gasteiger partial charge in [-0.2, -0.15) is 9.97 Å². The van der Waals surface area contributed by atoms with Crippen LogP contribution in [0.3, 0.4) is 0 Å². The van der Waals surface area contributed by atoms with Crippen LogP contribution in [-0.4, -0.2) is 9.97 Å². The van der Waals surface area contributed by atoms with Crippen molar-refractivity contribution in [1.82, 2.24) is 9.97 Å². The number of nitrogens with zero attached hydrogens (tertiary/aromatic N) is 2. The summed E-state index contributed by atoms with van der Waals surface area (Å²) >= 11 is 5.75. The average Bonchev–Trinajstić information content (AvgIpc) is 2.25. The first-order valence-electron chi connectivity index (χ1n) is 5.12. The Morgan fingerprint density at radius 1 is 1.29 bits per heavy atom. The number of benzene rings is 1. The third-order valence-electron chi connectivity index (χ3n) is 2.14. The first-order chi connectivity index (χ1) is 8.13. The molecule has 2 rings (SSSR count). The van der Waals surface area contributed by atoms with Crippen molar-refractivity contribution in [3.05, 3.63) is 46.6 Å². The molecule has 0 saturated heterocycles. The molecule has 0 bridgehead atoms. The first-order valence-corrected chi connectivity index (χ1v) is 5.50. The number of nitrogens with two attached hydrogens (primary N) is 1. The predicted octanol–water partition coefficient (Wildman–Crippen LogP) is 2.60. The van der Waals surface area contributed by atoms with Crippen LogP contribution in [0.4, 0.5) is 5.82 Å². The number of aromatic nitrogens is 2. The zero-order valence-electron chi connectivity index (χ0n) is 9.35. The number of anilines is 1. The Balaban J connectivity index is 2.07. The minimum Gasteiger partial charge on any atom is -0.459 e. The van der Waals surface area contributed by atoms with E-state index in [4.69, 9.17) is 22.1 Å². The Labute approximate surface area is 104 Å². The van der Waals surface area contributed by atoms with Gasteiger partial charge in [-0.15, -0.1) is 0 Å². The van der Waals surface area contributed by atoms with Gasteiger partial charge in [-0.3, -0.25) is 0 Å². The Hall–Kier alpha value is -1.81. The summed E-state index contributed by atoms with van der Waals surface area (Å²) < 4.78 is 5.42. The number of ether oxygens (including phenoxy) is 1. The number of aryl methyl sites for hydroxylation is 1. The molecular formula is C12H12ClN3O.